The molecule has 5 rings (SSSR count). The summed E-state index contributed by atoms with van der Waals surface area (Å²) in [6.45, 7) is 4.57. The van der Waals surface area contributed by atoms with Crippen molar-refractivity contribution in [2.45, 2.75) is 26.3 Å². The molecule has 2 heterocycles. The number of amides is 1. The third-order valence-electron chi connectivity index (χ3n) is 6.15. The third-order valence-corrected chi connectivity index (χ3v) is 6.15. The van der Waals surface area contributed by atoms with Crippen LogP contribution in [0.5, 0.6) is 5.75 Å². The molecule has 0 unspecified atom stereocenters. The molecular formula is C27H25N3O2. The van der Waals surface area contributed by atoms with Crippen LogP contribution in [0, 0.1) is 13.8 Å². The molecule has 2 N–H and O–H groups in total. The second kappa shape index (κ2) is 8.00. The fourth-order valence-electron chi connectivity index (χ4n) is 4.46. The second-order valence-corrected chi connectivity index (χ2v) is 8.43. The molecule has 32 heavy (non-hydrogen) atoms. The minimum atomic E-state index is -0.267. The fraction of sp³-hybridized carbons (Fsp3) is 0.185. The number of aromatic hydroxyl groups is 1. The van der Waals surface area contributed by atoms with Crippen molar-refractivity contribution in [3.63, 3.8) is 0 Å². The highest BCUT2D eigenvalue weighted by Gasteiger charge is 2.42. The number of carbonyl (C=O) groups excluding carboxylic acids is 1. The number of benzene rings is 3. The van der Waals surface area contributed by atoms with E-state index in [1.165, 1.54) is 5.56 Å². The first kappa shape index (κ1) is 20.1. The molecule has 5 nitrogen and oxygen atoms in total. The maximum absolute atomic E-state index is 13.4. The van der Waals surface area contributed by atoms with Gasteiger partial charge in [0.25, 0.3) is 5.91 Å². The largest absolute Gasteiger partial charge is 0.507 e. The molecule has 0 saturated heterocycles. The van der Waals surface area contributed by atoms with Gasteiger partial charge in [-0.1, -0.05) is 66.2 Å². The summed E-state index contributed by atoms with van der Waals surface area (Å²) in [5.74, 6) is 0.101. The number of nitrogens with one attached hydrogen (secondary N) is 1. The van der Waals surface area contributed by atoms with Gasteiger partial charge in [0.15, 0.2) is 0 Å². The lowest BCUT2D eigenvalue weighted by Crippen LogP contribution is -2.31. The van der Waals surface area contributed by atoms with Crippen molar-refractivity contribution in [2.75, 3.05) is 6.54 Å². The number of aromatic nitrogens is 2. The van der Waals surface area contributed by atoms with E-state index in [1.54, 1.807) is 6.07 Å². The number of H-pyrrole nitrogens is 1. The third kappa shape index (κ3) is 3.46. The molecule has 0 bridgehead atoms. The minimum Gasteiger partial charge on any atom is -0.507 e. The van der Waals surface area contributed by atoms with Crippen LogP contribution in [0.1, 0.15) is 44.3 Å². The van der Waals surface area contributed by atoms with Crippen molar-refractivity contribution in [3.8, 4) is 17.0 Å². The monoisotopic (exact) mass is 423 g/mol. The first-order valence-electron chi connectivity index (χ1n) is 10.8. The summed E-state index contributed by atoms with van der Waals surface area (Å²) < 4.78 is 0. The maximum Gasteiger partial charge on any atom is 0.273 e. The molecule has 5 heteroatoms. The van der Waals surface area contributed by atoms with Crippen molar-refractivity contribution in [1.82, 2.24) is 15.1 Å². The Kier molecular flexibility index (Phi) is 5.02. The number of fused-ring (bicyclic) bond motifs is 1. The van der Waals surface area contributed by atoms with Crippen LogP contribution >= 0.6 is 0 Å². The van der Waals surface area contributed by atoms with E-state index in [0.717, 1.165) is 28.7 Å². The van der Waals surface area contributed by atoms with E-state index in [1.807, 2.05) is 42.2 Å². The maximum atomic E-state index is 13.4. The lowest BCUT2D eigenvalue weighted by Gasteiger charge is -2.26. The Morgan fingerprint density at radius 2 is 1.69 bits per heavy atom. The topological polar surface area (TPSA) is 69.2 Å². The van der Waals surface area contributed by atoms with Gasteiger partial charge in [-0.2, -0.15) is 5.10 Å². The summed E-state index contributed by atoms with van der Waals surface area (Å²) in [4.78, 5) is 15.4. The number of phenolic OH excluding ortho intramolecular Hbond substituents is 1. The van der Waals surface area contributed by atoms with Gasteiger partial charge >= 0.3 is 0 Å². The highest BCUT2D eigenvalue weighted by molar-refractivity contribution is 6.00. The molecule has 160 valence electrons. The number of nitrogens with zero attached hydrogens (tertiary/aromatic N) is 2. The van der Waals surface area contributed by atoms with Gasteiger partial charge in [-0.05, 0) is 49.1 Å². The zero-order valence-corrected chi connectivity index (χ0v) is 18.2. The van der Waals surface area contributed by atoms with E-state index in [2.05, 4.69) is 53.5 Å². The molecule has 1 atom stereocenters. The number of aromatic amines is 1. The predicted octanol–water partition coefficient (Wildman–Crippen LogP) is 5.19. The lowest BCUT2D eigenvalue weighted by atomic mass is 9.94. The Morgan fingerprint density at radius 1 is 0.969 bits per heavy atom. The van der Waals surface area contributed by atoms with Gasteiger partial charge in [-0.15, -0.1) is 0 Å². The average Bonchev–Trinajstić information content (AvgIpc) is 3.33. The summed E-state index contributed by atoms with van der Waals surface area (Å²) in [7, 11) is 0. The van der Waals surface area contributed by atoms with Crippen molar-refractivity contribution in [3.05, 3.63) is 106 Å². The molecule has 1 aromatic heterocycles. The van der Waals surface area contributed by atoms with E-state index in [9.17, 15) is 9.90 Å². The van der Waals surface area contributed by atoms with E-state index < -0.39 is 0 Å². The molecule has 0 spiro atoms. The summed E-state index contributed by atoms with van der Waals surface area (Å²) in [6, 6.07) is 23.7. The van der Waals surface area contributed by atoms with Crippen LogP contribution in [-0.2, 0) is 6.42 Å². The number of rotatable bonds is 5. The van der Waals surface area contributed by atoms with Crippen molar-refractivity contribution in [2.24, 2.45) is 0 Å². The molecule has 1 amide bonds. The molecule has 0 aliphatic carbocycles. The standard InChI is InChI=1S/C27H25N3O2/c1-17-8-11-20(12-9-17)26-23-24(21-13-10-18(2)16-22(21)31)28-29-25(23)27(32)30(26)15-14-19-6-4-3-5-7-19/h3-13,16,26,31H,14-15H2,1-2H3,(H,28,29)/t26-/m1/s1. The predicted molar refractivity (Wildman–Crippen MR) is 125 cm³/mol. The Bertz CT molecular complexity index is 1280. The lowest BCUT2D eigenvalue weighted by molar-refractivity contribution is 0.0746. The first-order chi connectivity index (χ1) is 15.5. The van der Waals surface area contributed by atoms with Crippen LogP contribution in [0.4, 0.5) is 0 Å². The summed E-state index contributed by atoms with van der Waals surface area (Å²) in [6.07, 6.45) is 0.762. The van der Waals surface area contributed by atoms with E-state index in [-0.39, 0.29) is 17.7 Å². The number of hydrogen-bond acceptors (Lipinski definition) is 3. The van der Waals surface area contributed by atoms with E-state index >= 15 is 0 Å². The van der Waals surface area contributed by atoms with Crippen molar-refractivity contribution >= 4 is 5.91 Å². The molecular weight excluding hydrogens is 398 g/mol. The Labute approximate surface area is 187 Å². The summed E-state index contributed by atoms with van der Waals surface area (Å²) >= 11 is 0. The van der Waals surface area contributed by atoms with Gasteiger partial charge in [-0.3, -0.25) is 9.89 Å². The van der Waals surface area contributed by atoms with E-state index in [4.69, 9.17) is 0 Å². The second-order valence-electron chi connectivity index (χ2n) is 8.43. The van der Waals surface area contributed by atoms with Crippen LogP contribution in [0.15, 0.2) is 72.8 Å². The number of phenols is 1. The number of hydrogen-bond donors (Lipinski definition) is 2. The van der Waals surface area contributed by atoms with Gasteiger partial charge in [-0.25, -0.2) is 0 Å². The molecule has 0 fully saturated rings. The highest BCUT2D eigenvalue weighted by atomic mass is 16.3. The van der Waals surface area contributed by atoms with Crippen molar-refractivity contribution < 1.29 is 9.90 Å². The molecule has 0 saturated carbocycles. The van der Waals surface area contributed by atoms with Crippen LogP contribution in [0.2, 0.25) is 0 Å². The van der Waals surface area contributed by atoms with Gasteiger partial charge < -0.3 is 10.0 Å². The average molecular weight is 424 g/mol. The SMILES string of the molecule is Cc1ccc([C@@H]2c3c(-c4ccc(C)cc4O)n[nH]c3C(=O)N2CCc2ccccc2)cc1. The molecule has 1 aliphatic rings. The van der Waals surface area contributed by atoms with Gasteiger partial charge in [0, 0.05) is 17.7 Å². The summed E-state index contributed by atoms with van der Waals surface area (Å²) in [5.41, 5.74) is 6.93. The fourth-order valence-corrected chi connectivity index (χ4v) is 4.46. The highest BCUT2D eigenvalue weighted by Crippen LogP contribution is 2.44. The molecule has 1 aliphatic heterocycles. The minimum absolute atomic E-state index is 0.0631. The zero-order chi connectivity index (χ0) is 22.2. The quantitative estimate of drug-likeness (QED) is 0.464. The summed E-state index contributed by atoms with van der Waals surface area (Å²) in [5, 5.41) is 18.0. The van der Waals surface area contributed by atoms with Gasteiger partial charge in [0.1, 0.15) is 17.1 Å². The smallest absolute Gasteiger partial charge is 0.273 e. The van der Waals surface area contributed by atoms with Gasteiger partial charge in [0.2, 0.25) is 0 Å². The van der Waals surface area contributed by atoms with Crippen LogP contribution in [0.25, 0.3) is 11.3 Å². The molecule has 3 aromatic carbocycles. The molecule has 0 radical (unpaired) electrons. The van der Waals surface area contributed by atoms with E-state index in [0.29, 0.717) is 23.5 Å². The van der Waals surface area contributed by atoms with Crippen LogP contribution < -0.4 is 0 Å². The Balaban J connectivity index is 1.60. The Hall–Kier alpha value is -3.86. The first-order valence-corrected chi connectivity index (χ1v) is 10.8. The Morgan fingerprint density at radius 3 is 2.41 bits per heavy atom. The van der Waals surface area contributed by atoms with Crippen LogP contribution in [-0.4, -0.2) is 32.7 Å². The van der Waals surface area contributed by atoms with Gasteiger partial charge in [0.05, 0.1) is 6.04 Å². The number of carbonyl (C=O) groups is 1. The number of aryl methyl sites for hydroxylation is 2. The normalized spacial score (nSPS) is 15.2. The molecule has 4 aromatic rings. The van der Waals surface area contributed by atoms with Crippen LogP contribution in [0.3, 0.4) is 0 Å². The zero-order valence-electron chi connectivity index (χ0n) is 18.2. The van der Waals surface area contributed by atoms with Crippen molar-refractivity contribution in [1.29, 1.82) is 0 Å².